The standard InChI is InChI=1S/C37H25N4.C28H21N2OS.C26H18N3O.3ClH.3Pd/c1-40-35-14-8-6-12-32(35)39-37(40)41-34-13-7-5-11-30(34)31-20-19-29(24-36(31)41)33-23-28(21-22-38-33)27-17-15-26(16-18-27)25-9-3-2-4-10-25;1-19-14-23(21-8-4-3-5-9-21)15-20(2)28(19)22-11-13-29-25(16-22)24-17-27(32-18-24)31-26-10-6-7-12-30-26;1-2-6-20(7-3-1)21-9-11-22(12-10-21)23-13-16-27-25(18-23)29-17-14-24(19-29)30-26-8-4-5-15-28-26;;;;;;/h2-23H,1H3;3-16,18H,1-2H3;1-18H;3*1H;;;/q3*-1;;;;3*+2/p-3. The normalized spacial score (nSPS) is 10.6. The van der Waals surface area contributed by atoms with Crippen LogP contribution in [0.4, 0.5) is 0 Å². The van der Waals surface area contributed by atoms with Crippen LogP contribution < -0.4 is 9.47 Å². The molecule has 18 heteroatoms. The number of fused-ring (bicyclic) bond motifs is 4. The van der Waals surface area contributed by atoms with Crippen LogP contribution in [0.1, 0.15) is 11.1 Å². The molecule has 11 nitrogen and oxygen atoms in total. The molecule has 0 fully saturated rings. The van der Waals surface area contributed by atoms with Gasteiger partial charge in [-0.1, -0.05) is 218 Å². The zero-order valence-electron chi connectivity index (χ0n) is 58.6. The van der Waals surface area contributed by atoms with Gasteiger partial charge >= 0.3 is 83.1 Å². The van der Waals surface area contributed by atoms with Gasteiger partial charge in [0.1, 0.15) is 5.06 Å². The Hall–Kier alpha value is -10.6. The molecular formula is C91H64Cl3N9O2Pd3S. The molecule has 0 bridgehead atoms. The van der Waals surface area contributed by atoms with Crippen molar-refractivity contribution in [3.63, 3.8) is 0 Å². The molecule has 18 aromatic rings. The minimum absolute atomic E-state index is 0.534. The van der Waals surface area contributed by atoms with Crippen LogP contribution >= 0.6 is 39.9 Å². The average molecular weight is 1770 g/mol. The van der Waals surface area contributed by atoms with Crippen LogP contribution in [0, 0.1) is 32.2 Å². The Balaban J connectivity index is 0.000000141. The first-order valence-electron chi connectivity index (χ1n) is 34.2. The van der Waals surface area contributed by atoms with Crippen LogP contribution in [0.2, 0.25) is 0 Å². The molecule has 0 saturated heterocycles. The number of nitrogens with zero attached hydrogens (tertiary/aromatic N) is 9. The summed E-state index contributed by atoms with van der Waals surface area (Å²) in [5.41, 5.74) is 24.5. The predicted octanol–water partition coefficient (Wildman–Crippen LogP) is 24.9. The van der Waals surface area contributed by atoms with Gasteiger partial charge < -0.3 is 28.6 Å². The molecule has 0 atom stereocenters. The Morgan fingerprint density at radius 2 is 0.872 bits per heavy atom. The van der Waals surface area contributed by atoms with Crippen molar-refractivity contribution in [2.45, 2.75) is 13.8 Å². The third kappa shape index (κ3) is 18.3. The molecular weight excluding hydrogens is 1710 g/mol. The number of hydrogen-bond acceptors (Lipinski definition) is 9. The number of halogens is 3. The molecule has 542 valence electrons. The Morgan fingerprint density at radius 1 is 0.385 bits per heavy atom. The van der Waals surface area contributed by atoms with E-state index in [1.54, 1.807) is 12.4 Å². The molecule has 9 heterocycles. The smallest absolute Gasteiger partial charge is 0.217 e. The van der Waals surface area contributed by atoms with Gasteiger partial charge in [0.2, 0.25) is 17.7 Å². The maximum absolute atomic E-state index is 5.81. The monoisotopic (exact) mass is 1770 g/mol. The van der Waals surface area contributed by atoms with E-state index >= 15 is 0 Å². The number of thiophene rings is 1. The Bertz CT molecular complexity index is 5970. The number of benzene rings is 9. The number of pyridine rings is 5. The molecule has 0 N–H and O–H groups in total. The van der Waals surface area contributed by atoms with Crippen molar-refractivity contribution >= 4 is 72.8 Å². The van der Waals surface area contributed by atoms with Gasteiger partial charge in [-0.3, -0.25) is 9.55 Å². The molecule has 0 unspecified atom stereocenters. The number of imidazole rings is 1. The van der Waals surface area contributed by atoms with Crippen molar-refractivity contribution in [1.82, 2.24) is 43.6 Å². The van der Waals surface area contributed by atoms with E-state index in [-0.39, 0.29) is 0 Å². The Kier molecular flexibility index (Phi) is 26.4. The molecule has 0 saturated carbocycles. The number of aryl methyl sites for hydroxylation is 3. The third-order valence-corrected chi connectivity index (χ3v) is 18.8. The number of rotatable bonds is 14. The second-order valence-corrected chi connectivity index (χ2v) is 25.6. The average Bonchev–Trinajstić information content (AvgIpc) is 1.58. The van der Waals surface area contributed by atoms with Gasteiger partial charge in [-0.05, 0) is 169 Å². The van der Waals surface area contributed by atoms with Gasteiger partial charge in [0.05, 0.1) is 22.6 Å². The van der Waals surface area contributed by atoms with Gasteiger partial charge in [-0.15, -0.1) is 47.5 Å². The fourth-order valence-electron chi connectivity index (χ4n) is 13.0. The summed E-state index contributed by atoms with van der Waals surface area (Å²) in [4.78, 5) is 27.2. The molecule has 0 amide bonds. The van der Waals surface area contributed by atoms with Crippen LogP contribution in [0.25, 0.3) is 134 Å². The summed E-state index contributed by atoms with van der Waals surface area (Å²) in [5.74, 6) is 3.32. The van der Waals surface area contributed by atoms with E-state index in [1.807, 2.05) is 114 Å². The van der Waals surface area contributed by atoms with Gasteiger partial charge in [-0.2, -0.15) is 16.9 Å². The molecule has 18 rings (SSSR count). The summed E-state index contributed by atoms with van der Waals surface area (Å²) >= 11 is 8.16. The summed E-state index contributed by atoms with van der Waals surface area (Å²) in [5, 5.41) is 5.01. The van der Waals surface area contributed by atoms with Crippen molar-refractivity contribution < 1.29 is 64.0 Å². The molecule has 9 aromatic heterocycles. The van der Waals surface area contributed by atoms with E-state index in [2.05, 4.69) is 364 Å². The quantitative estimate of drug-likeness (QED) is 0.0782. The fourth-order valence-corrected chi connectivity index (χ4v) is 13.7. The largest absolute Gasteiger partial charge is 0.458 e. The third-order valence-electron chi connectivity index (χ3n) is 18.0. The van der Waals surface area contributed by atoms with Gasteiger partial charge in [-0.25, -0.2) is 15.0 Å². The van der Waals surface area contributed by atoms with Gasteiger partial charge in [0.15, 0.2) is 0 Å². The summed E-state index contributed by atoms with van der Waals surface area (Å²) in [7, 11) is 15.5. The Labute approximate surface area is 681 Å². The van der Waals surface area contributed by atoms with Crippen molar-refractivity contribution in [3.8, 4) is 124 Å². The summed E-state index contributed by atoms with van der Waals surface area (Å²) in [6.07, 6.45) is 14.0. The minimum atomic E-state index is 0.534. The van der Waals surface area contributed by atoms with Gasteiger partial charge in [0.25, 0.3) is 0 Å². The molecule has 0 radical (unpaired) electrons. The van der Waals surface area contributed by atoms with E-state index in [0.717, 1.165) is 89.6 Å². The summed E-state index contributed by atoms with van der Waals surface area (Å²) in [6.45, 7) is 4.34. The van der Waals surface area contributed by atoms with Crippen LogP contribution in [0.5, 0.6) is 22.6 Å². The first-order chi connectivity index (χ1) is 53.8. The van der Waals surface area contributed by atoms with E-state index in [4.69, 9.17) is 19.4 Å². The van der Waals surface area contributed by atoms with Crippen molar-refractivity contribution in [2.75, 3.05) is 0 Å². The number of aromatic nitrogens is 9. The van der Waals surface area contributed by atoms with E-state index in [1.165, 1.54) is 66.8 Å². The molecule has 9 aromatic carbocycles. The second kappa shape index (κ2) is 37.5. The van der Waals surface area contributed by atoms with E-state index < -0.39 is 0 Å². The Morgan fingerprint density at radius 3 is 1.46 bits per heavy atom. The number of hydrogen-bond donors (Lipinski definition) is 0. The van der Waals surface area contributed by atoms with Crippen LogP contribution in [0.3, 0.4) is 0 Å². The summed E-state index contributed by atoms with van der Waals surface area (Å²) in [6, 6.07) is 107. The topological polar surface area (TPSA) is 111 Å². The van der Waals surface area contributed by atoms with Crippen LogP contribution in [-0.2, 0) is 61.6 Å². The molecule has 0 spiro atoms. The number of ether oxygens (including phenoxy) is 2. The molecule has 0 aliphatic rings. The zero-order chi connectivity index (χ0) is 75.4. The zero-order valence-corrected chi connectivity index (χ0v) is 66.3. The summed E-state index contributed by atoms with van der Waals surface area (Å²) < 4.78 is 17.7. The van der Waals surface area contributed by atoms with Gasteiger partial charge in [0, 0.05) is 55.7 Å². The van der Waals surface area contributed by atoms with E-state index in [0.29, 0.717) is 22.6 Å². The molecule has 0 aliphatic heterocycles. The first-order valence-corrected chi connectivity index (χ1v) is 41.1. The molecule has 0 aliphatic carbocycles. The fraction of sp³-hybridized carbons (Fsp3) is 0.0330. The minimum Gasteiger partial charge on any atom is -0.458 e. The predicted molar refractivity (Wildman–Crippen MR) is 434 cm³/mol. The second-order valence-electron chi connectivity index (χ2n) is 24.7. The maximum Gasteiger partial charge on any atom is 0.217 e. The maximum atomic E-state index is 5.81. The van der Waals surface area contributed by atoms with Crippen molar-refractivity contribution in [2.24, 2.45) is 7.05 Å². The first kappa shape index (κ1) is 76.6. The molecule has 109 heavy (non-hydrogen) atoms. The van der Waals surface area contributed by atoms with Crippen molar-refractivity contribution in [1.29, 1.82) is 0 Å². The van der Waals surface area contributed by atoms with E-state index in [9.17, 15) is 0 Å². The van der Waals surface area contributed by atoms with Crippen molar-refractivity contribution in [3.05, 3.63) is 363 Å². The van der Waals surface area contributed by atoms with Crippen LogP contribution in [0.15, 0.2) is 334 Å². The number of para-hydroxylation sites is 3. The SMILES string of the molecule is Cc1cc(-c2ccccc2)cc(C)c1-c1ccnc(-c2[c-]c(Oc3ccccn3)sc2)c1.Cn1c(-n2c3[c-]c(-c4cc(-c5ccc(-c6ccccc6)cc5)ccn4)ccc3c3ccccc32)nc2ccccc21.[Cl][Pd+].[Cl][Pd+].[Cl][Pd+].[c-]1c(Oc2ccccn2)ccn1-c1cc(-c2ccc(-c3ccccc3)cc2)ccn1. The van der Waals surface area contributed by atoms with Crippen LogP contribution in [-0.4, -0.2) is 43.6 Å².